The zero-order chi connectivity index (χ0) is 14.0. The van der Waals surface area contributed by atoms with Crippen molar-refractivity contribution in [3.8, 4) is 0 Å². The van der Waals surface area contributed by atoms with Crippen LogP contribution < -0.4 is 5.32 Å². The molecule has 0 spiro atoms. The molecule has 2 rings (SSSR count). The van der Waals surface area contributed by atoms with E-state index in [0.717, 1.165) is 5.56 Å². The third kappa shape index (κ3) is 2.79. The van der Waals surface area contributed by atoms with Gasteiger partial charge in [0, 0.05) is 7.05 Å². The number of nitrogens with one attached hydrogen (secondary N) is 1. The van der Waals surface area contributed by atoms with E-state index in [9.17, 15) is 4.79 Å². The summed E-state index contributed by atoms with van der Waals surface area (Å²) < 4.78 is 1.50. The van der Waals surface area contributed by atoms with Gasteiger partial charge in [-0.15, -0.1) is 0 Å². The molecule has 1 amide bonds. The minimum Gasteiger partial charge on any atom is -0.345 e. The summed E-state index contributed by atoms with van der Waals surface area (Å²) in [7, 11) is 1.72. The van der Waals surface area contributed by atoms with Crippen molar-refractivity contribution in [3.63, 3.8) is 0 Å². The average molecular weight is 278 g/mol. The molecule has 0 saturated heterocycles. The fraction of sp³-hybridized carbons (Fsp3) is 0.286. The second kappa shape index (κ2) is 5.45. The van der Waals surface area contributed by atoms with Gasteiger partial charge in [-0.2, -0.15) is 5.10 Å². The first-order chi connectivity index (χ1) is 9.00. The van der Waals surface area contributed by atoms with Gasteiger partial charge >= 0.3 is 0 Å². The Morgan fingerprint density at radius 2 is 2.00 bits per heavy atom. The standard InChI is InChI=1S/C14H16ClN3O/c1-9(11-7-5-4-6-8-11)16-14(19)12-10(2)17-18(3)13(12)15/h4-9H,1-3H3,(H,16,19). The maximum Gasteiger partial charge on any atom is 0.256 e. The molecule has 1 N–H and O–H groups in total. The van der Waals surface area contributed by atoms with Crippen LogP contribution in [0.25, 0.3) is 0 Å². The number of rotatable bonds is 3. The largest absolute Gasteiger partial charge is 0.345 e. The summed E-state index contributed by atoms with van der Waals surface area (Å²) in [5.41, 5.74) is 2.12. The topological polar surface area (TPSA) is 46.9 Å². The van der Waals surface area contributed by atoms with E-state index >= 15 is 0 Å². The molecule has 2 aromatic rings. The quantitative estimate of drug-likeness (QED) is 0.938. The van der Waals surface area contributed by atoms with E-state index in [0.29, 0.717) is 16.4 Å². The van der Waals surface area contributed by atoms with Gasteiger partial charge in [0.25, 0.3) is 5.91 Å². The van der Waals surface area contributed by atoms with Gasteiger partial charge in [-0.1, -0.05) is 41.9 Å². The Labute approximate surface area is 117 Å². The molecule has 0 aliphatic carbocycles. The van der Waals surface area contributed by atoms with Crippen molar-refractivity contribution in [2.24, 2.45) is 7.05 Å². The maximum atomic E-state index is 12.2. The smallest absolute Gasteiger partial charge is 0.256 e. The second-order valence-electron chi connectivity index (χ2n) is 4.48. The highest BCUT2D eigenvalue weighted by atomic mass is 35.5. The lowest BCUT2D eigenvalue weighted by Crippen LogP contribution is -2.27. The van der Waals surface area contributed by atoms with Crippen LogP contribution in [0.2, 0.25) is 5.15 Å². The molecule has 0 fully saturated rings. The summed E-state index contributed by atoms with van der Waals surface area (Å²) in [5.74, 6) is -0.202. The van der Waals surface area contributed by atoms with Crippen molar-refractivity contribution in [1.82, 2.24) is 15.1 Å². The molecule has 4 nitrogen and oxygen atoms in total. The van der Waals surface area contributed by atoms with Gasteiger partial charge < -0.3 is 5.32 Å². The predicted octanol–water partition coefficient (Wildman–Crippen LogP) is 2.87. The van der Waals surface area contributed by atoms with Crippen LogP contribution in [-0.4, -0.2) is 15.7 Å². The number of halogens is 1. The molecule has 0 aliphatic heterocycles. The second-order valence-corrected chi connectivity index (χ2v) is 4.84. The summed E-state index contributed by atoms with van der Waals surface area (Å²) in [4.78, 5) is 12.2. The summed E-state index contributed by atoms with van der Waals surface area (Å²) in [6.45, 7) is 3.71. The van der Waals surface area contributed by atoms with Crippen LogP contribution in [0.4, 0.5) is 0 Å². The zero-order valence-corrected chi connectivity index (χ0v) is 11.9. The predicted molar refractivity (Wildman–Crippen MR) is 75.3 cm³/mol. The summed E-state index contributed by atoms with van der Waals surface area (Å²) in [6, 6.07) is 9.70. The first-order valence-corrected chi connectivity index (χ1v) is 6.43. The Bertz CT molecular complexity index is 592. The van der Waals surface area contributed by atoms with Crippen molar-refractivity contribution < 1.29 is 4.79 Å². The minimum absolute atomic E-state index is 0.0793. The lowest BCUT2D eigenvalue weighted by molar-refractivity contribution is 0.0939. The maximum absolute atomic E-state index is 12.2. The van der Waals surface area contributed by atoms with Gasteiger partial charge in [0.05, 0.1) is 17.3 Å². The van der Waals surface area contributed by atoms with Crippen molar-refractivity contribution in [3.05, 3.63) is 52.3 Å². The highest BCUT2D eigenvalue weighted by molar-refractivity contribution is 6.33. The Balaban J connectivity index is 2.18. The van der Waals surface area contributed by atoms with Crippen LogP contribution in [0.3, 0.4) is 0 Å². The lowest BCUT2D eigenvalue weighted by Gasteiger charge is -2.14. The minimum atomic E-state index is -0.202. The van der Waals surface area contributed by atoms with Crippen molar-refractivity contribution >= 4 is 17.5 Å². The van der Waals surface area contributed by atoms with Crippen LogP contribution in [0.15, 0.2) is 30.3 Å². The number of hydrogen-bond donors (Lipinski definition) is 1. The van der Waals surface area contributed by atoms with Gasteiger partial charge in [0.2, 0.25) is 0 Å². The van der Waals surface area contributed by atoms with Gasteiger partial charge in [-0.25, -0.2) is 0 Å². The van der Waals surface area contributed by atoms with Gasteiger partial charge in [-0.3, -0.25) is 9.48 Å². The number of benzene rings is 1. The third-order valence-corrected chi connectivity index (χ3v) is 3.46. The molecular formula is C14H16ClN3O. The average Bonchev–Trinajstić information content (AvgIpc) is 2.64. The normalized spacial score (nSPS) is 12.2. The van der Waals surface area contributed by atoms with Crippen LogP contribution in [0.5, 0.6) is 0 Å². The SMILES string of the molecule is Cc1nn(C)c(Cl)c1C(=O)NC(C)c1ccccc1. The fourth-order valence-electron chi connectivity index (χ4n) is 1.98. The molecule has 0 bridgehead atoms. The zero-order valence-electron chi connectivity index (χ0n) is 11.1. The Kier molecular flexibility index (Phi) is 3.90. The number of carbonyl (C=O) groups is 1. The molecule has 1 aromatic carbocycles. The Hall–Kier alpha value is -1.81. The Morgan fingerprint density at radius 3 is 2.53 bits per heavy atom. The monoisotopic (exact) mass is 277 g/mol. The third-order valence-electron chi connectivity index (χ3n) is 3.03. The molecule has 19 heavy (non-hydrogen) atoms. The van der Waals surface area contributed by atoms with Crippen molar-refractivity contribution in [2.45, 2.75) is 19.9 Å². The van der Waals surface area contributed by atoms with Crippen LogP contribution >= 0.6 is 11.6 Å². The highest BCUT2D eigenvalue weighted by Crippen LogP contribution is 2.20. The molecule has 1 atom stereocenters. The van der Waals surface area contributed by atoms with E-state index in [-0.39, 0.29) is 11.9 Å². The molecule has 0 radical (unpaired) electrons. The van der Waals surface area contributed by atoms with Crippen molar-refractivity contribution in [1.29, 1.82) is 0 Å². The number of amides is 1. The summed E-state index contributed by atoms with van der Waals surface area (Å²) in [5, 5.41) is 7.42. The Morgan fingerprint density at radius 1 is 1.37 bits per heavy atom. The molecule has 1 unspecified atom stereocenters. The van der Waals surface area contributed by atoms with Gasteiger partial charge in [0.15, 0.2) is 0 Å². The summed E-state index contributed by atoms with van der Waals surface area (Å²) >= 11 is 6.08. The number of nitrogens with zero attached hydrogens (tertiary/aromatic N) is 2. The number of aromatic nitrogens is 2. The van der Waals surface area contributed by atoms with Crippen LogP contribution in [0.1, 0.15) is 34.6 Å². The van der Waals surface area contributed by atoms with E-state index in [1.54, 1.807) is 14.0 Å². The first kappa shape index (κ1) is 13.6. The molecule has 5 heteroatoms. The molecular weight excluding hydrogens is 262 g/mol. The number of aryl methyl sites for hydroxylation is 2. The lowest BCUT2D eigenvalue weighted by atomic mass is 10.1. The molecule has 100 valence electrons. The van der Waals surface area contributed by atoms with Crippen LogP contribution in [0, 0.1) is 6.92 Å². The van der Waals surface area contributed by atoms with Crippen molar-refractivity contribution in [2.75, 3.05) is 0 Å². The molecule has 1 heterocycles. The highest BCUT2D eigenvalue weighted by Gasteiger charge is 2.20. The van der Waals surface area contributed by atoms with E-state index in [1.165, 1.54) is 4.68 Å². The van der Waals surface area contributed by atoms with E-state index < -0.39 is 0 Å². The summed E-state index contributed by atoms with van der Waals surface area (Å²) in [6.07, 6.45) is 0. The molecule has 0 saturated carbocycles. The van der Waals surface area contributed by atoms with Gasteiger partial charge in [-0.05, 0) is 19.4 Å². The first-order valence-electron chi connectivity index (χ1n) is 6.05. The number of carbonyl (C=O) groups excluding carboxylic acids is 1. The number of hydrogen-bond acceptors (Lipinski definition) is 2. The van der Waals surface area contributed by atoms with Gasteiger partial charge in [0.1, 0.15) is 5.15 Å². The van der Waals surface area contributed by atoms with E-state index in [1.807, 2.05) is 37.3 Å². The molecule has 0 aliphatic rings. The van der Waals surface area contributed by atoms with E-state index in [2.05, 4.69) is 10.4 Å². The molecule has 1 aromatic heterocycles. The fourth-order valence-corrected chi connectivity index (χ4v) is 2.24. The van der Waals surface area contributed by atoms with Crippen LogP contribution in [-0.2, 0) is 7.05 Å². The van der Waals surface area contributed by atoms with E-state index in [4.69, 9.17) is 11.6 Å².